The minimum absolute atomic E-state index is 0.0114. The van der Waals surface area contributed by atoms with Crippen molar-refractivity contribution in [1.82, 2.24) is 0 Å². The first kappa shape index (κ1) is 27.4. The van der Waals surface area contributed by atoms with Crippen LogP contribution in [0.4, 0.5) is 0 Å². The number of carbonyl (C=O) groups is 1. The quantitative estimate of drug-likeness (QED) is 0.226. The summed E-state index contributed by atoms with van der Waals surface area (Å²) >= 11 is 16.8. The molecule has 0 saturated heterocycles. The van der Waals surface area contributed by atoms with E-state index < -0.39 is 12.1 Å². The Labute approximate surface area is 248 Å². The molecule has 3 aromatic carbocycles. The van der Waals surface area contributed by atoms with Gasteiger partial charge in [-0.05, 0) is 139 Å². The van der Waals surface area contributed by atoms with Gasteiger partial charge < -0.3 is 24.8 Å². The molecule has 11 heteroatoms. The molecular weight excluding hydrogens is 796 g/mol. The molecular formula is C25H15Br5O6. The number of cyclic esters (lactones) is 1. The summed E-state index contributed by atoms with van der Waals surface area (Å²) in [7, 11) is 1.52. The fraction of sp³-hybridized carbons (Fsp3) is 0.0800. The average molecular weight is 811 g/mol. The molecule has 0 aromatic heterocycles. The summed E-state index contributed by atoms with van der Waals surface area (Å²) in [5.74, 6) is 0.0731. The molecule has 6 nitrogen and oxygen atoms in total. The number of aliphatic hydroxyl groups is 1. The molecule has 36 heavy (non-hydrogen) atoms. The second-order valence-corrected chi connectivity index (χ2v) is 11.9. The molecule has 1 heterocycles. The Balaban J connectivity index is 1.96. The van der Waals surface area contributed by atoms with E-state index in [0.717, 1.165) is 0 Å². The SMILES string of the molecule is COc1c(Br)cc(C(O)C2=C(c3cc(Br)c(O)c(Br)c3)C(=Cc3ccc(O)c(Br)c3)OC2=O)cc1Br. The van der Waals surface area contributed by atoms with Gasteiger partial charge in [0.15, 0.2) is 0 Å². The van der Waals surface area contributed by atoms with Crippen molar-refractivity contribution in [2.24, 2.45) is 0 Å². The molecule has 0 radical (unpaired) electrons. The van der Waals surface area contributed by atoms with Crippen molar-refractivity contribution in [1.29, 1.82) is 0 Å². The van der Waals surface area contributed by atoms with Crippen molar-refractivity contribution in [2.75, 3.05) is 7.11 Å². The molecule has 0 spiro atoms. The summed E-state index contributed by atoms with van der Waals surface area (Å²) in [6, 6.07) is 11.4. The smallest absolute Gasteiger partial charge is 0.343 e. The number of allylic oxidation sites excluding steroid dienone is 1. The van der Waals surface area contributed by atoms with Crippen molar-refractivity contribution < 1.29 is 29.6 Å². The predicted molar refractivity (Wildman–Crippen MR) is 154 cm³/mol. The Hall–Kier alpha value is -1.63. The average Bonchev–Trinajstić information content (AvgIpc) is 3.14. The molecule has 186 valence electrons. The third-order valence-corrected chi connectivity index (χ3v) is 8.35. The Bertz CT molecular complexity index is 1420. The van der Waals surface area contributed by atoms with Crippen molar-refractivity contribution in [3.63, 3.8) is 0 Å². The Morgan fingerprint density at radius 2 is 1.50 bits per heavy atom. The fourth-order valence-electron chi connectivity index (χ4n) is 3.66. The topological polar surface area (TPSA) is 96.2 Å². The molecule has 1 unspecified atom stereocenters. The molecule has 0 fully saturated rings. The van der Waals surface area contributed by atoms with Crippen LogP contribution < -0.4 is 4.74 Å². The number of carbonyl (C=O) groups excluding carboxylic acids is 1. The number of phenols is 2. The maximum atomic E-state index is 13.2. The van der Waals surface area contributed by atoms with Gasteiger partial charge in [-0.25, -0.2) is 4.79 Å². The normalized spacial score (nSPS) is 15.4. The molecule has 1 aliphatic rings. The molecule has 1 aliphatic heterocycles. The Morgan fingerprint density at radius 3 is 2.06 bits per heavy atom. The molecule has 0 amide bonds. The third kappa shape index (κ3) is 5.32. The number of halogens is 5. The molecule has 0 aliphatic carbocycles. The van der Waals surface area contributed by atoms with E-state index in [1.165, 1.54) is 13.2 Å². The summed E-state index contributed by atoms with van der Waals surface area (Å²) in [5, 5.41) is 31.5. The zero-order valence-electron chi connectivity index (χ0n) is 18.2. The van der Waals surface area contributed by atoms with Gasteiger partial charge in [0.1, 0.15) is 29.1 Å². The van der Waals surface area contributed by atoms with Crippen LogP contribution in [-0.2, 0) is 9.53 Å². The van der Waals surface area contributed by atoms with E-state index in [1.54, 1.807) is 42.5 Å². The molecule has 0 saturated carbocycles. The Morgan fingerprint density at radius 1 is 0.889 bits per heavy atom. The van der Waals surface area contributed by atoms with Gasteiger partial charge in [0, 0.05) is 5.57 Å². The van der Waals surface area contributed by atoms with Gasteiger partial charge in [0.25, 0.3) is 0 Å². The molecule has 0 bridgehead atoms. The van der Waals surface area contributed by atoms with Gasteiger partial charge in [-0.3, -0.25) is 0 Å². The number of methoxy groups -OCH3 is 1. The van der Waals surface area contributed by atoms with Gasteiger partial charge in [-0.2, -0.15) is 0 Å². The predicted octanol–water partition coefficient (Wildman–Crippen LogP) is 8.00. The zero-order valence-corrected chi connectivity index (χ0v) is 26.1. The number of hydrogen-bond acceptors (Lipinski definition) is 6. The molecule has 3 aromatic rings. The van der Waals surface area contributed by atoms with Crippen LogP contribution in [0, 0.1) is 0 Å². The fourth-order valence-corrected chi connectivity index (χ4v) is 6.79. The second-order valence-electron chi connectivity index (χ2n) is 7.61. The highest BCUT2D eigenvalue weighted by atomic mass is 79.9. The monoisotopic (exact) mass is 806 g/mol. The summed E-state index contributed by atoms with van der Waals surface area (Å²) in [5.41, 5.74) is 1.95. The van der Waals surface area contributed by atoms with Crippen LogP contribution in [-0.4, -0.2) is 28.4 Å². The van der Waals surface area contributed by atoms with Crippen LogP contribution in [0.3, 0.4) is 0 Å². The first-order chi connectivity index (χ1) is 17.0. The van der Waals surface area contributed by atoms with E-state index >= 15 is 0 Å². The van der Waals surface area contributed by atoms with E-state index in [1.807, 2.05) is 0 Å². The lowest BCUT2D eigenvalue weighted by atomic mass is 9.92. The number of ether oxygens (including phenoxy) is 2. The maximum absolute atomic E-state index is 13.2. The number of aromatic hydroxyl groups is 2. The third-order valence-electron chi connectivity index (χ3n) is 5.33. The van der Waals surface area contributed by atoms with E-state index in [0.29, 0.717) is 50.4 Å². The van der Waals surface area contributed by atoms with Gasteiger partial charge >= 0.3 is 5.97 Å². The van der Waals surface area contributed by atoms with E-state index in [-0.39, 0.29) is 22.8 Å². The van der Waals surface area contributed by atoms with Gasteiger partial charge in [0.2, 0.25) is 0 Å². The standard InChI is InChI=1S/C25H15Br5O6/c1-35-24-16(29)8-12(9-17(24)30)22(32)21-20(11-6-14(27)23(33)15(28)7-11)19(36-25(21)34)5-10-2-3-18(31)13(26)4-10/h2-9,22,31-33H,1H3. The lowest BCUT2D eigenvalue weighted by Crippen LogP contribution is -2.10. The highest BCUT2D eigenvalue weighted by Gasteiger charge is 2.37. The van der Waals surface area contributed by atoms with Crippen molar-refractivity contribution >= 4 is 97.3 Å². The van der Waals surface area contributed by atoms with Gasteiger partial charge in [0.05, 0.1) is 35.0 Å². The lowest BCUT2D eigenvalue weighted by molar-refractivity contribution is -0.134. The zero-order chi connectivity index (χ0) is 26.3. The van der Waals surface area contributed by atoms with Crippen LogP contribution in [0.15, 0.2) is 76.2 Å². The lowest BCUT2D eigenvalue weighted by Gasteiger charge is -2.16. The van der Waals surface area contributed by atoms with Crippen molar-refractivity contribution in [2.45, 2.75) is 6.10 Å². The number of benzene rings is 3. The van der Waals surface area contributed by atoms with Crippen LogP contribution in [0.25, 0.3) is 11.6 Å². The number of hydrogen-bond donors (Lipinski definition) is 3. The maximum Gasteiger partial charge on any atom is 0.343 e. The molecule has 4 rings (SSSR count). The van der Waals surface area contributed by atoms with Gasteiger partial charge in [-0.15, -0.1) is 0 Å². The first-order valence-corrected chi connectivity index (χ1v) is 14.0. The largest absolute Gasteiger partial charge is 0.507 e. The van der Waals surface area contributed by atoms with Crippen molar-refractivity contribution in [3.05, 3.63) is 92.9 Å². The number of esters is 1. The van der Waals surface area contributed by atoms with E-state index in [4.69, 9.17) is 9.47 Å². The summed E-state index contributed by atoms with van der Waals surface area (Å²) in [6.07, 6.45) is 0.279. The van der Waals surface area contributed by atoms with Crippen LogP contribution in [0.1, 0.15) is 22.8 Å². The summed E-state index contributed by atoms with van der Waals surface area (Å²) in [6.45, 7) is 0. The van der Waals surface area contributed by atoms with Crippen LogP contribution in [0.2, 0.25) is 0 Å². The highest BCUT2D eigenvalue weighted by molar-refractivity contribution is 9.11. The Kier molecular flexibility index (Phi) is 8.38. The van der Waals surface area contributed by atoms with Gasteiger partial charge in [-0.1, -0.05) is 6.07 Å². The van der Waals surface area contributed by atoms with E-state index in [2.05, 4.69) is 79.6 Å². The number of rotatable bonds is 5. The minimum atomic E-state index is -1.35. The minimum Gasteiger partial charge on any atom is -0.507 e. The van der Waals surface area contributed by atoms with E-state index in [9.17, 15) is 20.1 Å². The number of aliphatic hydroxyl groups excluding tert-OH is 1. The molecule has 3 N–H and O–H groups in total. The van der Waals surface area contributed by atoms with Crippen molar-refractivity contribution in [3.8, 4) is 17.2 Å². The first-order valence-electron chi connectivity index (χ1n) is 10.1. The van der Waals surface area contributed by atoms with Crippen LogP contribution >= 0.6 is 79.6 Å². The number of phenolic OH excluding ortho intramolecular Hbond substituents is 2. The highest BCUT2D eigenvalue weighted by Crippen LogP contribution is 2.46. The second kappa shape index (κ2) is 11.0. The summed E-state index contributed by atoms with van der Waals surface area (Å²) in [4.78, 5) is 13.2. The summed E-state index contributed by atoms with van der Waals surface area (Å²) < 4.78 is 13.4. The molecule has 1 atom stereocenters. The van der Waals surface area contributed by atoms with Crippen LogP contribution in [0.5, 0.6) is 17.2 Å².